The monoisotopic (exact) mass is 327 g/mol. The fraction of sp³-hybridized carbons (Fsp3) is 0.133. The second-order valence-electron chi connectivity index (χ2n) is 4.68. The van der Waals surface area contributed by atoms with E-state index in [2.05, 4.69) is 4.74 Å². The third kappa shape index (κ3) is 4.13. The van der Waals surface area contributed by atoms with Crippen LogP contribution in [0.4, 0.5) is 13.2 Å². The lowest BCUT2D eigenvalue weighted by Gasteiger charge is -2.15. The molecule has 0 saturated heterocycles. The van der Waals surface area contributed by atoms with E-state index in [1.165, 1.54) is 30.3 Å². The first-order valence-corrected chi connectivity index (χ1v) is 6.35. The van der Waals surface area contributed by atoms with Crippen molar-refractivity contribution in [3.8, 4) is 11.5 Å². The van der Waals surface area contributed by atoms with E-state index >= 15 is 0 Å². The van der Waals surface area contributed by atoms with Gasteiger partial charge in [-0.1, -0.05) is 18.2 Å². The zero-order chi connectivity index (χ0) is 17.2. The molecule has 5 nitrogen and oxygen atoms in total. The molecule has 0 aromatic heterocycles. The molecule has 0 amide bonds. The van der Waals surface area contributed by atoms with Crippen molar-refractivity contribution in [1.29, 1.82) is 0 Å². The smallest absolute Gasteiger partial charge is 0.507 e. The van der Waals surface area contributed by atoms with Crippen LogP contribution in [0.1, 0.15) is 27.5 Å². The number of carbonyl (C=O) groups is 1. The van der Waals surface area contributed by atoms with Gasteiger partial charge in [0.2, 0.25) is 0 Å². The quantitative estimate of drug-likeness (QED) is 0.802. The van der Waals surface area contributed by atoms with E-state index in [4.69, 9.17) is 10.8 Å². The van der Waals surface area contributed by atoms with Gasteiger partial charge >= 0.3 is 12.3 Å². The zero-order valence-electron chi connectivity index (χ0n) is 11.5. The largest absolute Gasteiger partial charge is 0.573 e. The van der Waals surface area contributed by atoms with Gasteiger partial charge in [0.15, 0.2) is 0 Å². The van der Waals surface area contributed by atoms with Crippen LogP contribution < -0.4 is 10.5 Å². The van der Waals surface area contributed by atoms with Crippen LogP contribution >= 0.6 is 0 Å². The minimum absolute atomic E-state index is 0.310. The van der Waals surface area contributed by atoms with E-state index in [1.54, 1.807) is 0 Å². The number of carboxylic acid groups (broad SMARTS) is 1. The number of rotatable bonds is 4. The van der Waals surface area contributed by atoms with Crippen molar-refractivity contribution in [3.05, 3.63) is 59.2 Å². The maximum Gasteiger partial charge on any atom is 0.573 e. The predicted molar refractivity (Wildman–Crippen MR) is 74.2 cm³/mol. The Morgan fingerprint density at radius 2 is 1.65 bits per heavy atom. The number of hydrogen-bond donors (Lipinski definition) is 3. The molecule has 0 radical (unpaired) electrons. The molecule has 0 fully saturated rings. The standard InChI is InChI=1S/C15H12F3NO4/c16-15(17,18)23-10-4-1-8(2-5-10)13(19)9-3-6-12(20)11(7-9)14(21)22/h1-7,13,20H,19H2,(H,21,22)/t13-/m1/s1. The minimum Gasteiger partial charge on any atom is -0.507 e. The van der Waals surface area contributed by atoms with Gasteiger partial charge in [0, 0.05) is 0 Å². The molecule has 0 unspecified atom stereocenters. The Balaban J connectivity index is 2.25. The molecule has 0 aliphatic rings. The number of aromatic carboxylic acids is 1. The first-order chi connectivity index (χ1) is 10.7. The molecular weight excluding hydrogens is 315 g/mol. The molecule has 23 heavy (non-hydrogen) atoms. The highest BCUT2D eigenvalue weighted by Crippen LogP contribution is 2.28. The number of benzene rings is 2. The third-order valence-corrected chi connectivity index (χ3v) is 3.08. The normalized spacial score (nSPS) is 12.7. The van der Waals surface area contributed by atoms with E-state index in [9.17, 15) is 23.1 Å². The van der Waals surface area contributed by atoms with Crippen LogP contribution in [0.15, 0.2) is 42.5 Å². The van der Waals surface area contributed by atoms with Crippen LogP contribution in [-0.4, -0.2) is 22.5 Å². The summed E-state index contributed by atoms with van der Waals surface area (Å²) in [5.41, 5.74) is 6.52. The van der Waals surface area contributed by atoms with E-state index < -0.39 is 24.1 Å². The lowest BCUT2D eigenvalue weighted by Crippen LogP contribution is -2.17. The summed E-state index contributed by atoms with van der Waals surface area (Å²) in [6.07, 6.45) is -4.78. The molecule has 122 valence electrons. The van der Waals surface area contributed by atoms with Gasteiger partial charge in [0.05, 0.1) is 6.04 Å². The molecule has 0 aliphatic heterocycles. The van der Waals surface area contributed by atoms with Crippen molar-refractivity contribution in [2.75, 3.05) is 0 Å². The number of halogens is 3. The molecule has 1 atom stereocenters. The van der Waals surface area contributed by atoms with Crippen LogP contribution in [-0.2, 0) is 0 Å². The summed E-state index contributed by atoms with van der Waals surface area (Å²) >= 11 is 0. The second-order valence-corrected chi connectivity index (χ2v) is 4.68. The molecule has 0 bridgehead atoms. The van der Waals surface area contributed by atoms with E-state index in [0.717, 1.165) is 12.1 Å². The Labute approximate surface area is 128 Å². The summed E-state index contributed by atoms with van der Waals surface area (Å²) in [5, 5.41) is 18.4. The van der Waals surface area contributed by atoms with E-state index in [-0.39, 0.29) is 11.3 Å². The third-order valence-electron chi connectivity index (χ3n) is 3.08. The van der Waals surface area contributed by atoms with Gasteiger partial charge in [-0.25, -0.2) is 4.79 Å². The highest BCUT2D eigenvalue weighted by atomic mass is 19.4. The number of carboxylic acids is 1. The fourth-order valence-corrected chi connectivity index (χ4v) is 1.99. The lowest BCUT2D eigenvalue weighted by atomic mass is 9.97. The van der Waals surface area contributed by atoms with Gasteiger partial charge in [0.25, 0.3) is 0 Å². The number of alkyl halides is 3. The Hall–Kier alpha value is -2.74. The van der Waals surface area contributed by atoms with Crippen LogP contribution in [0.5, 0.6) is 11.5 Å². The lowest BCUT2D eigenvalue weighted by molar-refractivity contribution is -0.274. The molecular formula is C15H12F3NO4. The summed E-state index contributed by atoms with van der Waals surface area (Å²) in [4.78, 5) is 11.0. The fourth-order valence-electron chi connectivity index (χ4n) is 1.99. The number of ether oxygens (including phenoxy) is 1. The highest BCUT2D eigenvalue weighted by molar-refractivity contribution is 5.91. The van der Waals surface area contributed by atoms with Crippen LogP contribution in [0.25, 0.3) is 0 Å². The molecule has 0 spiro atoms. The molecule has 8 heteroatoms. The highest BCUT2D eigenvalue weighted by Gasteiger charge is 2.31. The van der Waals surface area contributed by atoms with Gasteiger partial charge in [-0.3, -0.25) is 0 Å². The molecule has 0 saturated carbocycles. The second kappa shape index (κ2) is 6.17. The Morgan fingerprint density at radius 3 is 2.17 bits per heavy atom. The number of aromatic hydroxyl groups is 1. The molecule has 0 aliphatic carbocycles. The van der Waals surface area contributed by atoms with Crippen molar-refractivity contribution in [1.82, 2.24) is 0 Å². The van der Waals surface area contributed by atoms with Crippen molar-refractivity contribution in [2.45, 2.75) is 12.4 Å². The van der Waals surface area contributed by atoms with E-state index in [0.29, 0.717) is 11.1 Å². The first-order valence-electron chi connectivity index (χ1n) is 6.35. The average Bonchev–Trinajstić information content (AvgIpc) is 2.46. The molecule has 2 aromatic rings. The van der Waals surface area contributed by atoms with Crippen LogP contribution in [0.3, 0.4) is 0 Å². The minimum atomic E-state index is -4.78. The summed E-state index contributed by atoms with van der Waals surface area (Å²) in [5.74, 6) is -2.10. The van der Waals surface area contributed by atoms with Crippen molar-refractivity contribution in [3.63, 3.8) is 0 Å². The van der Waals surface area contributed by atoms with Gasteiger partial charge in [-0.05, 0) is 35.4 Å². The van der Waals surface area contributed by atoms with Crippen molar-refractivity contribution < 1.29 is 32.9 Å². The SMILES string of the molecule is N[C@H](c1ccc(OC(F)(F)F)cc1)c1ccc(O)c(C(=O)O)c1. The Bertz CT molecular complexity index is 714. The topological polar surface area (TPSA) is 92.8 Å². The van der Waals surface area contributed by atoms with Crippen molar-refractivity contribution in [2.24, 2.45) is 5.73 Å². The average molecular weight is 327 g/mol. The zero-order valence-corrected chi connectivity index (χ0v) is 11.5. The molecule has 2 aromatic carbocycles. The van der Waals surface area contributed by atoms with E-state index in [1.807, 2.05) is 0 Å². The Kier molecular flexibility index (Phi) is 4.46. The van der Waals surface area contributed by atoms with Crippen LogP contribution in [0.2, 0.25) is 0 Å². The van der Waals surface area contributed by atoms with Gasteiger partial charge in [-0.15, -0.1) is 13.2 Å². The number of hydrogen-bond acceptors (Lipinski definition) is 4. The van der Waals surface area contributed by atoms with Gasteiger partial charge in [0.1, 0.15) is 17.1 Å². The predicted octanol–water partition coefficient (Wildman–Crippen LogP) is 3.04. The molecule has 4 N–H and O–H groups in total. The number of phenols is 1. The summed E-state index contributed by atoms with van der Waals surface area (Å²) in [6, 6.07) is 7.99. The maximum absolute atomic E-state index is 12.1. The summed E-state index contributed by atoms with van der Waals surface area (Å²) < 4.78 is 40.0. The summed E-state index contributed by atoms with van der Waals surface area (Å²) in [7, 11) is 0. The molecule has 0 heterocycles. The first kappa shape index (κ1) is 16.6. The maximum atomic E-state index is 12.1. The van der Waals surface area contributed by atoms with Gasteiger partial charge < -0.3 is 20.7 Å². The number of nitrogens with two attached hydrogens (primary N) is 1. The van der Waals surface area contributed by atoms with Crippen molar-refractivity contribution >= 4 is 5.97 Å². The Morgan fingerprint density at radius 1 is 1.09 bits per heavy atom. The van der Waals surface area contributed by atoms with Crippen LogP contribution in [0, 0.1) is 0 Å². The van der Waals surface area contributed by atoms with Gasteiger partial charge in [-0.2, -0.15) is 0 Å². The molecule has 2 rings (SSSR count). The summed E-state index contributed by atoms with van der Waals surface area (Å²) in [6.45, 7) is 0.